The molecule has 0 radical (unpaired) electrons. The second-order valence-corrected chi connectivity index (χ2v) is 9.56. The number of hydrogen-bond acceptors (Lipinski definition) is 1. The molecule has 2 heteroatoms. The van der Waals surface area contributed by atoms with Crippen molar-refractivity contribution in [2.45, 2.75) is 58.7 Å². The zero-order valence-electron chi connectivity index (χ0n) is 12.7. The van der Waals surface area contributed by atoms with Crippen molar-refractivity contribution in [2.75, 3.05) is 0 Å². The Labute approximate surface area is 118 Å². The van der Waals surface area contributed by atoms with E-state index in [1.54, 1.807) is 10.8 Å². The van der Waals surface area contributed by atoms with Gasteiger partial charge in [-0.15, -0.1) is 0 Å². The Morgan fingerprint density at radius 3 is 2.05 bits per heavy atom. The molecule has 1 aliphatic rings. The van der Waals surface area contributed by atoms with Crippen LogP contribution in [0.25, 0.3) is 0 Å². The summed E-state index contributed by atoms with van der Waals surface area (Å²) in [7, 11) is -1.66. The third-order valence-corrected chi connectivity index (χ3v) is 9.32. The van der Waals surface area contributed by atoms with Crippen LogP contribution in [0, 0.1) is 0 Å². The predicted octanol–water partition coefficient (Wildman–Crippen LogP) is 5.40. The second-order valence-electron chi connectivity index (χ2n) is 5.32. The van der Waals surface area contributed by atoms with Gasteiger partial charge in [0.2, 0.25) is 8.32 Å². The summed E-state index contributed by atoms with van der Waals surface area (Å²) in [5, 5.41) is 1.69. The van der Waals surface area contributed by atoms with Crippen molar-refractivity contribution >= 4 is 8.32 Å². The highest BCUT2D eigenvalue weighted by Crippen LogP contribution is 2.47. The zero-order valence-corrected chi connectivity index (χ0v) is 13.7. The van der Waals surface area contributed by atoms with Gasteiger partial charge in [0.05, 0.1) is 6.10 Å². The first-order valence-corrected chi connectivity index (χ1v) is 9.99. The van der Waals surface area contributed by atoms with Crippen molar-refractivity contribution in [2.24, 2.45) is 0 Å². The van der Waals surface area contributed by atoms with Crippen LogP contribution in [-0.2, 0) is 4.43 Å². The molecule has 1 unspecified atom stereocenters. The first-order valence-electron chi connectivity index (χ1n) is 7.67. The number of rotatable bonds is 5. The van der Waals surface area contributed by atoms with Crippen molar-refractivity contribution in [1.29, 1.82) is 0 Å². The molecule has 0 N–H and O–H groups in total. The number of allylic oxidation sites excluding steroid dienone is 1. The van der Waals surface area contributed by atoms with E-state index in [-0.39, 0.29) is 6.10 Å². The maximum atomic E-state index is 6.71. The fourth-order valence-electron chi connectivity index (χ4n) is 3.51. The Morgan fingerprint density at radius 1 is 0.947 bits per heavy atom. The first kappa shape index (κ1) is 14.5. The Hall–Kier alpha value is -0.863. The highest BCUT2D eigenvalue weighted by molar-refractivity contribution is 6.81. The molecule has 0 bridgehead atoms. The van der Waals surface area contributed by atoms with Crippen LogP contribution in [0.3, 0.4) is 0 Å². The Bertz CT molecular complexity index is 446. The molecular formula is C17H26OSi. The van der Waals surface area contributed by atoms with E-state index in [1.807, 2.05) is 0 Å². The normalized spacial score (nSPS) is 22.0. The standard InChI is InChI=1S/C17H26OSi/c1-5-15-16(6-2)19(7-3,8-4)18-17(15)14-12-10-9-11-13-14/h9-13,17H,5-8H2,1-4H3. The molecule has 0 saturated carbocycles. The minimum atomic E-state index is -1.66. The van der Waals surface area contributed by atoms with Gasteiger partial charge >= 0.3 is 0 Å². The lowest BCUT2D eigenvalue weighted by Crippen LogP contribution is -2.36. The fraction of sp³-hybridized carbons (Fsp3) is 0.529. The van der Waals surface area contributed by atoms with E-state index < -0.39 is 8.32 Å². The van der Waals surface area contributed by atoms with Crippen LogP contribution in [0.1, 0.15) is 52.2 Å². The molecule has 1 aromatic rings. The van der Waals surface area contributed by atoms with Crippen LogP contribution in [0.2, 0.25) is 12.1 Å². The minimum absolute atomic E-state index is 0.229. The van der Waals surface area contributed by atoms with E-state index in [0.29, 0.717) is 0 Å². The third kappa shape index (κ3) is 2.44. The smallest absolute Gasteiger partial charge is 0.221 e. The molecular weight excluding hydrogens is 248 g/mol. The molecule has 0 fully saturated rings. The van der Waals surface area contributed by atoms with Gasteiger partial charge in [0.15, 0.2) is 0 Å². The highest BCUT2D eigenvalue weighted by atomic mass is 28.4. The SMILES string of the molecule is CCC1=C(CC)[Si](CC)(CC)OC1c1ccccc1. The van der Waals surface area contributed by atoms with Crippen molar-refractivity contribution in [3.8, 4) is 0 Å². The number of hydrogen-bond donors (Lipinski definition) is 0. The van der Waals surface area contributed by atoms with Crippen LogP contribution >= 0.6 is 0 Å². The van der Waals surface area contributed by atoms with Gasteiger partial charge in [-0.2, -0.15) is 0 Å². The molecule has 0 saturated heterocycles. The van der Waals surface area contributed by atoms with E-state index in [9.17, 15) is 0 Å². The lowest BCUT2D eigenvalue weighted by Gasteiger charge is -2.27. The van der Waals surface area contributed by atoms with E-state index in [4.69, 9.17) is 4.43 Å². The third-order valence-electron chi connectivity index (χ3n) is 4.58. The summed E-state index contributed by atoms with van der Waals surface area (Å²) in [4.78, 5) is 0. The van der Waals surface area contributed by atoms with Crippen molar-refractivity contribution in [1.82, 2.24) is 0 Å². The average Bonchev–Trinajstić information content (AvgIpc) is 2.82. The summed E-state index contributed by atoms with van der Waals surface area (Å²) >= 11 is 0. The van der Waals surface area contributed by atoms with Crippen LogP contribution in [0.5, 0.6) is 0 Å². The van der Waals surface area contributed by atoms with Crippen LogP contribution in [0.4, 0.5) is 0 Å². The van der Waals surface area contributed by atoms with Gasteiger partial charge in [-0.1, -0.05) is 63.2 Å². The summed E-state index contributed by atoms with van der Waals surface area (Å²) in [6.45, 7) is 9.20. The minimum Gasteiger partial charge on any atom is -0.402 e. The maximum absolute atomic E-state index is 6.71. The van der Waals surface area contributed by atoms with Gasteiger partial charge in [0.1, 0.15) is 0 Å². The Morgan fingerprint density at radius 2 is 1.58 bits per heavy atom. The Balaban J connectivity index is 2.46. The largest absolute Gasteiger partial charge is 0.402 e. The second kappa shape index (κ2) is 6.06. The zero-order chi connectivity index (χ0) is 13.9. The van der Waals surface area contributed by atoms with E-state index >= 15 is 0 Å². The highest BCUT2D eigenvalue weighted by Gasteiger charge is 2.45. The maximum Gasteiger partial charge on any atom is 0.221 e. The predicted molar refractivity (Wildman–Crippen MR) is 84.6 cm³/mol. The van der Waals surface area contributed by atoms with Crippen LogP contribution in [-0.4, -0.2) is 8.32 Å². The van der Waals surface area contributed by atoms with Crippen molar-refractivity contribution in [3.63, 3.8) is 0 Å². The van der Waals surface area contributed by atoms with Gasteiger partial charge in [-0.3, -0.25) is 0 Å². The molecule has 1 nitrogen and oxygen atoms in total. The first-order chi connectivity index (χ1) is 9.22. The average molecular weight is 274 g/mol. The summed E-state index contributed by atoms with van der Waals surface area (Å²) in [6, 6.07) is 13.2. The van der Waals surface area contributed by atoms with Crippen molar-refractivity contribution < 1.29 is 4.43 Å². The van der Waals surface area contributed by atoms with E-state index in [1.165, 1.54) is 24.1 Å². The molecule has 104 valence electrons. The molecule has 1 aromatic carbocycles. The van der Waals surface area contributed by atoms with Gasteiger partial charge in [0, 0.05) is 0 Å². The quantitative estimate of drug-likeness (QED) is 0.653. The van der Waals surface area contributed by atoms with Crippen LogP contribution in [0.15, 0.2) is 41.1 Å². The topological polar surface area (TPSA) is 9.23 Å². The van der Waals surface area contributed by atoms with Crippen LogP contribution < -0.4 is 0 Å². The van der Waals surface area contributed by atoms with Crippen molar-refractivity contribution in [3.05, 3.63) is 46.7 Å². The summed E-state index contributed by atoms with van der Waals surface area (Å²) in [5.74, 6) is 0. The molecule has 0 aromatic heterocycles. The molecule has 1 atom stereocenters. The summed E-state index contributed by atoms with van der Waals surface area (Å²) < 4.78 is 6.71. The molecule has 19 heavy (non-hydrogen) atoms. The molecule has 1 aliphatic heterocycles. The van der Waals surface area contributed by atoms with Gasteiger partial charge in [-0.05, 0) is 36.1 Å². The molecule has 0 amide bonds. The summed E-state index contributed by atoms with van der Waals surface area (Å²) in [5.41, 5.74) is 2.91. The molecule has 1 heterocycles. The van der Waals surface area contributed by atoms with E-state index in [2.05, 4.69) is 58.0 Å². The fourth-order valence-corrected chi connectivity index (χ4v) is 7.60. The van der Waals surface area contributed by atoms with Gasteiger partial charge < -0.3 is 4.43 Å². The van der Waals surface area contributed by atoms with E-state index in [0.717, 1.165) is 6.42 Å². The number of benzene rings is 1. The van der Waals surface area contributed by atoms with Gasteiger partial charge in [0.25, 0.3) is 0 Å². The van der Waals surface area contributed by atoms with Gasteiger partial charge in [-0.25, -0.2) is 0 Å². The monoisotopic (exact) mass is 274 g/mol. The molecule has 0 spiro atoms. The lowest BCUT2D eigenvalue weighted by atomic mass is 9.99. The molecule has 2 rings (SSSR count). The summed E-state index contributed by atoms with van der Waals surface area (Å²) in [6.07, 6.45) is 2.52. The molecule has 0 aliphatic carbocycles. The Kier molecular flexibility index (Phi) is 4.64. The lowest BCUT2D eigenvalue weighted by molar-refractivity contribution is 0.243.